The second-order valence-electron chi connectivity index (χ2n) is 4.92. The maximum absolute atomic E-state index is 11.9. The average Bonchev–Trinajstić information content (AvgIpc) is 2.50. The molecule has 0 unspecified atom stereocenters. The molecular weight excluding hydrogens is 262 g/mol. The van der Waals surface area contributed by atoms with Gasteiger partial charge in [0.25, 0.3) is 0 Å². The summed E-state index contributed by atoms with van der Waals surface area (Å²) in [6.07, 6.45) is 4.40. The zero-order valence-electron chi connectivity index (χ0n) is 12.3. The lowest BCUT2D eigenvalue weighted by Crippen LogP contribution is -2.15. The zero-order chi connectivity index (χ0) is 14.9. The number of carbonyl (C=O) groups excluding carboxylic acids is 1. The fraction of sp³-hybridized carbons (Fsp3) is 0.294. The van der Waals surface area contributed by atoms with Crippen molar-refractivity contribution in [2.24, 2.45) is 0 Å². The third-order valence-electron chi connectivity index (χ3n) is 3.10. The number of rotatable bonds is 7. The molecule has 1 amide bonds. The molecule has 0 aliphatic heterocycles. The Hall–Kier alpha value is -2.36. The van der Waals surface area contributed by atoms with E-state index in [9.17, 15) is 4.79 Å². The van der Waals surface area contributed by atoms with Crippen LogP contribution in [0, 0.1) is 0 Å². The Balaban J connectivity index is 1.83. The van der Waals surface area contributed by atoms with E-state index in [-0.39, 0.29) is 5.91 Å². The first-order valence-electron chi connectivity index (χ1n) is 7.31. The van der Waals surface area contributed by atoms with Crippen molar-refractivity contribution in [1.82, 2.24) is 4.98 Å². The summed E-state index contributed by atoms with van der Waals surface area (Å²) in [6, 6.07) is 13.4. The Kier molecular flexibility index (Phi) is 5.76. The minimum Gasteiger partial charge on any atom is -0.384 e. The van der Waals surface area contributed by atoms with E-state index >= 15 is 0 Å². The van der Waals surface area contributed by atoms with Crippen LogP contribution in [0.4, 0.5) is 11.5 Å². The van der Waals surface area contributed by atoms with Crippen molar-refractivity contribution in [1.29, 1.82) is 0 Å². The van der Waals surface area contributed by atoms with Crippen LogP contribution in [0.15, 0.2) is 48.7 Å². The monoisotopic (exact) mass is 283 g/mol. The second-order valence-corrected chi connectivity index (χ2v) is 4.92. The van der Waals surface area contributed by atoms with Gasteiger partial charge in [-0.2, -0.15) is 0 Å². The lowest BCUT2D eigenvalue weighted by Gasteiger charge is -2.07. The highest BCUT2D eigenvalue weighted by Crippen LogP contribution is 2.10. The largest absolute Gasteiger partial charge is 0.384 e. The maximum Gasteiger partial charge on any atom is 0.229 e. The molecule has 0 saturated carbocycles. The molecule has 0 saturated heterocycles. The van der Waals surface area contributed by atoms with Gasteiger partial charge in [-0.3, -0.25) is 4.79 Å². The Labute approximate surface area is 125 Å². The molecule has 2 rings (SSSR count). The molecule has 0 spiro atoms. The molecule has 0 bridgehead atoms. The molecule has 2 N–H and O–H groups in total. The molecule has 0 aliphatic rings. The van der Waals surface area contributed by atoms with Crippen LogP contribution in [-0.2, 0) is 11.2 Å². The molecule has 2 aromatic rings. The van der Waals surface area contributed by atoms with Crippen LogP contribution in [0.25, 0.3) is 0 Å². The summed E-state index contributed by atoms with van der Waals surface area (Å²) in [5.41, 5.74) is 1.97. The van der Waals surface area contributed by atoms with Crippen molar-refractivity contribution in [2.45, 2.75) is 26.2 Å². The molecule has 0 atom stereocenters. The molecule has 21 heavy (non-hydrogen) atoms. The number of benzene rings is 1. The van der Waals surface area contributed by atoms with Gasteiger partial charge >= 0.3 is 0 Å². The van der Waals surface area contributed by atoms with Crippen molar-refractivity contribution in [3.63, 3.8) is 0 Å². The highest BCUT2D eigenvalue weighted by Gasteiger charge is 2.04. The minimum absolute atomic E-state index is 0.0552. The third kappa shape index (κ3) is 5.26. The molecule has 1 aromatic heterocycles. The normalized spacial score (nSPS) is 10.1. The lowest BCUT2D eigenvalue weighted by atomic mass is 10.1. The summed E-state index contributed by atoms with van der Waals surface area (Å²) in [5.74, 6) is 0.525. The first-order chi connectivity index (χ1) is 10.3. The van der Waals surface area contributed by atoms with Crippen molar-refractivity contribution in [3.05, 3.63) is 54.2 Å². The summed E-state index contributed by atoms with van der Waals surface area (Å²) in [5, 5.41) is 6.10. The van der Waals surface area contributed by atoms with Crippen LogP contribution in [-0.4, -0.2) is 17.4 Å². The number of anilines is 2. The van der Waals surface area contributed by atoms with Crippen LogP contribution < -0.4 is 10.6 Å². The lowest BCUT2D eigenvalue weighted by molar-refractivity contribution is -0.115. The highest BCUT2D eigenvalue weighted by atomic mass is 16.1. The van der Waals surface area contributed by atoms with Crippen molar-refractivity contribution < 1.29 is 4.79 Å². The van der Waals surface area contributed by atoms with Gasteiger partial charge in [-0.1, -0.05) is 43.7 Å². The van der Waals surface area contributed by atoms with E-state index in [1.807, 2.05) is 42.5 Å². The van der Waals surface area contributed by atoms with Crippen LogP contribution >= 0.6 is 0 Å². The zero-order valence-corrected chi connectivity index (χ0v) is 12.3. The van der Waals surface area contributed by atoms with Gasteiger partial charge in [0, 0.05) is 6.54 Å². The average molecular weight is 283 g/mol. The topological polar surface area (TPSA) is 54.0 Å². The van der Waals surface area contributed by atoms with Crippen molar-refractivity contribution >= 4 is 17.4 Å². The highest BCUT2D eigenvalue weighted by molar-refractivity contribution is 5.91. The number of pyridine rings is 1. The second kappa shape index (κ2) is 8.04. The van der Waals surface area contributed by atoms with E-state index < -0.39 is 0 Å². The number of unbranched alkanes of at least 4 members (excludes halogenated alkanes) is 1. The summed E-state index contributed by atoms with van der Waals surface area (Å²) < 4.78 is 0. The van der Waals surface area contributed by atoms with Gasteiger partial charge < -0.3 is 10.6 Å². The molecule has 110 valence electrons. The van der Waals surface area contributed by atoms with E-state index in [1.165, 1.54) is 0 Å². The Morgan fingerprint density at radius 1 is 1.14 bits per heavy atom. The van der Waals surface area contributed by atoms with E-state index in [1.54, 1.807) is 6.20 Å². The van der Waals surface area contributed by atoms with Crippen LogP contribution in [0.2, 0.25) is 0 Å². The predicted molar refractivity (Wildman–Crippen MR) is 86.4 cm³/mol. The number of nitrogens with zero attached hydrogens (tertiary/aromatic N) is 1. The summed E-state index contributed by atoms with van der Waals surface area (Å²) >= 11 is 0. The maximum atomic E-state index is 11.9. The van der Waals surface area contributed by atoms with E-state index in [0.717, 1.165) is 30.6 Å². The molecule has 4 nitrogen and oxygen atoms in total. The molecule has 0 aliphatic carbocycles. The third-order valence-corrected chi connectivity index (χ3v) is 3.10. The van der Waals surface area contributed by atoms with Crippen LogP contribution in [0.3, 0.4) is 0 Å². The number of nitrogens with one attached hydrogen (secondary N) is 2. The number of amides is 1. The number of carbonyl (C=O) groups is 1. The molecule has 1 aromatic carbocycles. The van der Waals surface area contributed by atoms with Crippen molar-refractivity contribution in [3.8, 4) is 0 Å². The van der Waals surface area contributed by atoms with Gasteiger partial charge in [0.05, 0.1) is 18.3 Å². The summed E-state index contributed by atoms with van der Waals surface area (Å²) in [6.45, 7) is 3.10. The first kappa shape index (κ1) is 15.0. The molecule has 4 heteroatoms. The molecule has 0 fully saturated rings. The van der Waals surface area contributed by atoms with Gasteiger partial charge in [-0.15, -0.1) is 0 Å². The quantitative estimate of drug-likeness (QED) is 0.765. The van der Waals surface area contributed by atoms with E-state index in [2.05, 4.69) is 22.5 Å². The molecule has 1 heterocycles. The summed E-state index contributed by atoms with van der Waals surface area (Å²) in [4.78, 5) is 16.2. The van der Waals surface area contributed by atoms with Gasteiger partial charge in [-0.25, -0.2) is 4.98 Å². The van der Waals surface area contributed by atoms with Gasteiger partial charge in [0.1, 0.15) is 5.82 Å². The van der Waals surface area contributed by atoms with Crippen LogP contribution in [0.1, 0.15) is 25.3 Å². The van der Waals surface area contributed by atoms with Gasteiger partial charge in [0.15, 0.2) is 0 Å². The predicted octanol–water partition coefficient (Wildman–Crippen LogP) is 3.47. The van der Waals surface area contributed by atoms with E-state index in [0.29, 0.717) is 12.2 Å². The number of hydrogen-bond donors (Lipinski definition) is 2. The van der Waals surface area contributed by atoms with Crippen LogP contribution in [0.5, 0.6) is 0 Å². The smallest absolute Gasteiger partial charge is 0.229 e. The minimum atomic E-state index is -0.0552. The number of aromatic nitrogens is 1. The fourth-order valence-electron chi connectivity index (χ4n) is 1.95. The van der Waals surface area contributed by atoms with Gasteiger partial charge in [0.2, 0.25) is 5.91 Å². The standard InChI is InChI=1S/C17H21N3O/c1-2-3-11-18-15-9-10-16(19-13-15)20-17(21)12-14-7-5-4-6-8-14/h4-10,13,18H,2-3,11-12H2,1H3,(H,19,20,21). The van der Waals surface area contributed by atoms with E-state index in [4.69, 9.17) is 0 Å². The molecular formula is C17H21N3O. The fourth-order valence-corrected chi connectivity index (χ4v) is 1.95. The SMILES string of the molecule is CCCCNc1ccc(NC(=O)Cc2ccccc2)nc1. The van der Waals surface area contributed by atoms with Crippen molar-refractivity contribution in [2.75, 3.05) is 17.2 Å². The Morgan fingerprint density at radius 2 is 1.95 bits per heavy atom. The number of hydrogen-bond acceptors (Lipinski definition) is 3. The first-order valence-corrected chi connectivity index (χ1v) is 7.31. The van der Waals surface area contributed by atoms with Gasteiger partial charge in [-0.05, 0) is 24.1 Å². The molecule has 0 radical (unpaired) electrons. The Morgan fingerprint density at radius 3 is 2.62 bits per heavy atom. The Bertz CT molecular complexity index is 552. The summed E-state index contributed by atoms with van der Waals surface area (Å²) in [7, 11) is 0.